The highest BCUT2D eigenvalue weighted by atomic mass is 16.6. The summed E-state index contributed by atoms with van der Waals surface area (Å²) in [5.74, 6) is 1.63. The molecular formula is C28H45N3O4. The van der Waals surface area contributed by atoms with E-state index in [1.807, 2.05) is 50.8 Å². The number of hydrogen-bond donors (Lipinski definition) is 2. The first-order valence-corrected chi connectivity index (χ1v) is 13.4. The third-order valence-electron chi connectivity index (χ3n) is 7.05. The largest absolute Gasteiger partial charge is 0.494 e. The number of nitrogens with zero attached hydrogens (tertiary/aromatic N) is 1. The molecule has 0 aliphatic carbocycles. The number of carbonyl (C=O) groups is 2. The van der Waals surface area contributed by atoms with Crippen LogP contribution in [-0.2, 0) is 16.0 Å². The Morgan fingerprint density at radius 2 is 1.94 bits per heavy atom. The molecule has 0 aromatic heterocycles. The van der Waals surface area contributed by atoms with Crippen LogP contribution in [0.15, 0.2) is 18.2 Å². The van der Waals surface area contributed by atoms with Crippen LogP contribution in [0.1, 0.15) is 77.3 Å². The van der Waals surface area contributed by atoms with Crippen LogP contribution in [0.5, 0.6) is 5.75 Å². The van der Waals surface area contributed by atoms with Crippen molar-refractivity contribution >= 4 is 12.0 Å². The van der Waals surface area contributed by atoms with Crippen molar-refractivity contribution in [2.75, 3.05) is 26.2 Å². The fourth-order valence-corrected chi connectivity index (χ4v) is 5.05. The van der Waals surface area contributed by atoms with Gasteiger partial charge in [-0.25, -0.2) is 4.79 Å². The van der Waals surface area contributed by atoms with Gasteiger partial charge in [0.1, 0.15) is 17.4 Å². The Balaban J connectivity index is 1.60. The molecule has 2 aliphatic rings. The van der Waals surface area contributed by atoms with E-state index in [1.54, 1.807) is 0 Å². The van der Waals surface area contributed by atoms with E-state index in [0.29, 0.717) is 6.42 Å². The van der Waals surface area contributed by atoms with E-state index in [9.17, 15) is 9.59 Å². The molecule has 2 amide bonds. The lowest BCUT2D eigenvalue weighted by molar-refractivity contribution is -0.134. The van der Waals surface area contributed by atoms with E-state index < -0.39 is 17.7 Å². The van der Waals surface area contributed by atoms with Crippen LogP contribution in [0, 0.1) is 12.8 Å². The molecule has 0 spiro atoms. The molecule has 7 nitrogen and oxygen atoms in total. The van der Waals surface area contributed by atoms with E-state index in [-0.39, 0.29) is 11.9 Å². The zero-order valence-corrected chi connectivity index (χ0v) is 22.3. The van der Waals surface area contributed by atoms with Crippen molar-refractivity contribution < 1.29 is 19.1 Å². The standard InChI is InChI=1S/C28H45N3O4/c1-20-18-24(34-17-7-9-22-12-14-29-15-13-22)11-10-23(20)19-25(30-27(33)35-28(3,4)5)26(32)31-16-6-8-21(31)2/h10-11,18,21-22,25,29H,6-9,12-17,19H2,1-5H3,(H,30,33)/t21-,25+/m1/s1. The first-order chi connectivity index (χ1) is 16.6. The minimum atomic E-state index is -0.666. The molecule has 0 saturated carbocycles. The van der Waals surface area contributed by atoms with E-state index in [0.717, 1.165) is 68.3 Å². The molecule has 2 atom stereocenters. The number of rotatable bonds is 9. The third-order valence-corrected chi connectivity index (χ3v) is 7.05. The summed E-state index contributed by atoms with van der Waals surface area (Å²) >= 11 is 0. The Bertz CT molecular complexity index is 845. The van der Waals surface area contributed by atoms with Crippen LogP contribution in [0.4, 0.5) is 4.79 Å². The van der Waals surface area contributed by atoms with Crippen LogP contribution in [0.2, 0.25) is 0 Å². The SMILES string of the molecule is Cc1cc(OCCCC2CCNCC2)ccc1C[C@H](NC(=O)OC(C)(C)C)C(=O)N1CCC[C@H]1C. The van der Waals surface area contributed by atoms with Crippen molar-refractivity contribution in [3.05, 3.63) is 29.3 Å². The van der Waals surface area contributed by atoms with Crippen molar-refractivity contribution in [2.45, 2.75) is 97.2 Å². The van der Waals surface area contributed by atoms with Gasteiger partial charge in [-0.2, -0.15) is 0 Å². The number of alkyl carbamates (subject to hydrolysis) is 1. The molecule has 2 heterocycles. The first kappa shape index (κ1) is 27.3. The van der Waals surface area contributed by atoms with Gasteiger partial charge in [0, 0.05) is 19.0 Å². The molecule has 2 aliphatic heterocycles. The van der Waals surface area contributed by atoms with Crippen molar-refractivity contribution in [2.24, 2.45) is 5.92 Å². The maximum Gasteiger partial charge on any atom is 0.408 e. The Morgan fingerprint density at radius 3 is 2.57 bits per heavy atom. The molecule has 1 aromatic rings. The average Bonchev–Trinajstić information content (AvgIpc) is 3.22. The molecular weight excluding hydrogens is 442 g/mol. The summed E-state index contributed by atoms with van der Waals surface area (Å²) in [6.07, 6.45) is 6.66. The zero-order valence-electron chi connectivity index (χ0n) is 22.3. The normalized spacial score (nSPS) is 19.9. The lowest BCUT2D eigenvalue weighted by Crippen LogP contribution is -2.51. The number of nitrogens with one attached hydrogen (secondary N) is 2. The maximum absolute atomic E-state index is 13.4. The number of benzene rings is 1. The molecule has 0 radical (unpaired) electrons. The van der Waals surface area contributed by atoms with Gasteiger partial charge in [0.2, 0.25) is 5.91 Å². The Kier molecular flexibility index (Phi) is 9.84. The Hall–Kier alpha value is -2.28. The third kappa shape index (κ3) is 8.71. The van der Waals surface area contributed by atoms with Gasteiger partial charge in [-0.05, 0) is 115 Å². The number of carbonyl (C=O) groups excluding carboxylic acids is 2. The predicted octanol–water partition coefficient (Wildman–Crippen LogP) is 4.60. The molecule has 2 fully saturated rings. The second-order valence-corrected chi connectivity index (χ2v) is 11.2. The highest BCUT2D eigenvalue weighted by Gasteiger charge is 2.33. The van der Waals surface area contributed by atoms with Crippen molar-refractivity contribution in [3.8, 4) is 5.75 Å². The van der Waals surface area contributed by atoms with Crippen LogP contribution in [0.3, 0.4) is 0 Å². The highest BCUT2D eigenvalue weighted by molar-refractivity contribution is 5.86. The fourth-order valence-electron chi connectivity index (χ4n) is 5.05. The number of likely N-dealkylation sites (tertiary alicyclic amines) is 1. The average molecular weight is 488 g/mol. The number of hydrogen-bond acceptors (Lipinski definition) is 5. The summed E-state index contributed by atoms with van der Waals surface area (Å²) < 4.78 is 11.5. The molecule has 3 rings (SSSR count). The zero-order chi connectivity index (χ0) is 25.4. The molecule has 0 unspecified atom stereocenters. The van der Waals surface area contributed by atoms with Gasteiger partial charge in [-0.3, -0.25) is 4.79 Å². The maximum atomic E-state index is 13.4. The minimum Gasteiger partial charge on any atom is -0.494 e. The summed E-state index contributed by atoms with van der Waals surface area (Å²) in [7, 11) is 0. The van der Waals surface area contributed by atoms with E-state index in [1.165, 1.54) is 19.3 Å². The lowest BCUT2D eigenvalue weighted by atomic mass is 9.93. The highest BCUT2D eigenvalue weighted by Crippen LogP contribution is 2.23. The topological polar surface area (TPSA) is 79.9 Å². The summed E-state index contributed by atoms with van der Waals surface area (Å²) in [6.45, 7) is 13.3. The number of amides is 2. The van der Waals surface area contributed by atoms with Gasteiger partial charge < -0.3 is 25.0 Å². The van der Waals surface area contributed by atoms with Crippen LogP contribution in [0.25, 0.3) is 0 Å². The lowest BCUT2D eigenvalue weighted by Gasteiger charge is -2.29. The smallest absolute Gasteiger partial charge is 0.408 e. The molecule has 7 heteroatoms. The summed E-state index contributed by atoms with van der Waals surface area (Å²) in [5.41, 5.74) is 1.45. The number of ether oxygens (including phenoxy) is 2. The first-order valence-electron chi connectivity index (χ1n) is 13.4. The van der Waals surface area contributed by atoms with E-state index in [4.69, 9.17) is 9.47 Å². The van der Waals surface area contributed by atoms with Gasteiger partial charge in [0.05, 0.1) is 6.61 Å². The minimum absolute atomic E-state index is 0.0431. The second kappa shape index (κ2) is 12.6. The molecule has 2 N–H and O–H groups in total. The van der Waals surface area contributed by atoms with Crippen molar-refractivity contribution in [3.63, 3.8) is 0 Å². The molecule has 1 aromatic carbocycles. The van der Waals surface area contributed by atoms with Gasteiger partial charge >= 0.3 is 6.09 Å². The molecule has 196 valence electrons. The van der Waals surface area contributed by atoms with E-state index >= 15 is 0 Å². The fraction of sp³-hybridized carbons (Fsp3) is 0.714. The van der Waals surface area contributed by atoms with Crippen LogP contribution in [-0.4, -0.2) is 60.8 Å². The van der Waals surface area contributed by atoms with Crippen molar-refractivity contribution in [1.82, 2.24) is 15.5 Å². The number of aryl methyl sites for hydroxylation is 1. The van der Waals surface area contributed by atoms with Gasteiger partial charge in [-0.1, -0.05) is 6.07 Å². The Morgan fingerprint density at radius 1 is 1.20 bits per heavy atom. The summed E-state index contributed by atoms with van der Waals surface area (Å²) in [5, 5.41) is 6.26. The van der Waals surface area contributed by atoms with Gasteiger partial charge in [0.25, 0.3) is 0 Å². The summed E-state index contributed by atoms with van der Waals surface area (Å²) in [6, 6.07) is 5.54. The van der Waals surface area contributed by atoms with Crippen LogP contribution >= 0.6 is 0 Å². The van der Waals surface area contributed by atoms with Gasteiger partial charge in [0.15, 0.2) is 0 Å². The predicted molar refractivity (Wildman–Crippen MR) is 139 cm³/mol. The monoisotopic (exact) mass is 487 g/mol. The number of piperidine rings is 1. The molecule has 35 heavy (non-hydrogen) atoms. The molecule has 0 bridgehead atoms. The quantitative estimate of drug-likeness (QED) is 0.498. The van der Waals surface area contributed by atoms with Gasteiger partial charge in [-0.15, -0.1) is 0 Å². The van der Waals surface area contributed by atoms with Crippen LogP contribution < -0.4 is 15.4 Å². The molecule has 2 saturated heterocycles. The summed E-state index contributed by atoms with van der Waals surface area (Å²) in [4.78, 5) is 27.8. The second-order valence-electron chi connectivity index (χ2n) is 11.2. The van der Waals surface area contributed by atoms with E-state index in [2.05, 4.69) is 17.6 Å². The Labute approximate surface area is 211 Å². The van der Waals surface area contributed by atoms with Crippen molar-refractivity contribution in [1.29, 1.82) is 0 Å².